The summed E-state index contributed by atoms with van der Waals surface area (Å²) in [5.41, 5.74) is 5.54. The quantitative estimate of drug-likeness (QED) is 0.902. The van der Waals surface area contributed by atoms with Crippen molar-refractivity contribution in [3.05, 3.63) is 12.1 Å². The Kier molecular flexibility index (Phi) is 5.31. The molecule has 0 unspecified atom stereocenters. The van der Waals surface area contributed by atoms with Gasteiger partial charge < -0.3 is 15.4 Å². The molecule has 0 aliphatic rings. The van der Waals surface area contributed by atoms with Gasteiger partial charge in [0.2, 0.25) is 5.88 Å². The van der Waals surface area contributed by atoms with Gasteiger partial charge in [0.1, 0.15) is 18.0 Å². The smallest absolute Gasteiger partial charge is 0.405 e. The van der Waals surface area contributed by atoms with Gasteiger partial charge in [0.05, 0.1) is 5.69 Å². The zero-order chi connectivity index (χ0) is 16.3. The monoisotopic (exact) mass is 305 g/mol. The van der Waals surface area contributed by atoms with Crippen molar-refractivity contribution in [1.82, 2.24) is 4.98 Å². The van der Waals surface area contributed by atoms with Gasteiger partial charge in [0.25, 0.3) is 0 Å². The molecule has 0 saturated carbocycles. The second kappa shape index (κ2) is 6.41. The van der Waals surface area contributed by atoms with E-state index in [0.29, 0.717) is 12.1 Å². The summed E-state index contributed by atoms with van der Waals surface area (Å²) >= 11 is 0. The van der Waals surface area contributed by atoms with Gasteiger partial charge in [-0.1, -0.05) is 6.92 Å². The number of ether oxygens (including phenoxy) is 1. The third-order valence-corrected chi connectivity index (χ3v) is 2.47. The number of aromatic nitrogens is 1. The lowest BCUT2D eigenvalue weighted by Crippen LogP contribution is -2.35. The van der Waals surface area contributed by atoms with Crippen molar-refractivity contribution < 1.29 is 17.9 Å². The van der Waals surface area contributed by atoms with Gasteiger partial charge in [-0.05, 0) is 39.3 Å². The molecule has 4 nitrogen and oxygen atoms in total. The van der Waals surface area contributed by atoms with Gasteiger partial charge in [-0.15, -0.1) is 0 Å². The molecule has 2 N–H and O–H groups in total. The summed E-state index contributed by atoms with van der Waals surface area (Å²) in [7, 11) is 0. The van der Waals surface area contributed by atoms with E-state index in [4.69, 9.17) is 10.5 Å². The summed E-state index contributed by atoms with van der Waals surface area (Å²) < 4.78 is 43.5. The van der Waals surface area contributed by atoms with Crippen molar-refractivity contribution >= 4 is 11.5 Å². The first-order chi connectivity index (χ1) is 9.52. The summed E-state index contributed by atoms with van der Waals surface area (Å²) in [5, 5.41) is 0. The minimum absolute atomic E-state index is 0.156. The van der Waals surface area contributed by atoms with Crippen LogP contribution in [0.1, 0.15) is 34.1 Å². The fraction of sp³-hybridized carbons (Fsp3) is 0.643. The largest absolute Gasteiger partial charge is 0.470 e. The number of rotatable bonds is 5. The fourth-order valence-corrected chi connectivity index (χ4v) is 1.75. The molecule has 0 fully saturated rings. The molecular formula is C14H22F3N3O. The van der Waals surface area contributed by atoms with Crippen LogP contribution in [0.5, 0.6) is 5.88 Å². The molecular weight excluding hydrogens is 283 g/mol. The van der Waals surface area contributed by atoms with Crippen LogP contribution in [0.15, 0.2) is 12.1 Å². The van der Waals surface area contributed by atoms with E-state index in [2.05, 4.69) is 4.98 Å². The second-order valence-electron chi connectivity index (χ2n) is 5.81. The molecule has 1 rings (SSSR count). The summed E-state index contributed by atoms with van der Waals surface area (Å²) in [6, 6.07) is 2.99. The van der Waals surface area contributed by atoms with Gasteiger partial charge in [-0.3, -0.25) is 0 Å². The van der Waals surface area contributed by atoms with Crippen molar-refractivity contribution in [2.45, 2.75) is 45.9 Å². The molecule has 1 aromatic rings. The predicted octanol–water partition coefficient (Wildman–Crippen LogP) is 3.62. The van der Waals surface area contributed by atoms with E-state index in [1.54, 1.807) is 0 Å². The maximum atomic E-state index is 12.6. The summed E-state index contributed by atoms with van der Waals surface area (Å²) in [6.45, 7) is 6.48. The maximum Gasteiger partial charge on any atom is 0.405 e. The van der Waals surface area contributed by atoms with Crippen molar-refractivity contribution in [3.63, 3.8) is 0 Å². The van der Waals surface area contributed by atoms with Crippen LogP contribution < -0.4 is 15.4 Å². The molecule has 0 aliphatic carbocycles. The normalized spacial score (nSPS) is 12.3. The minimum atomic E-state index is -4.29. The van der Waals surface area contributed by atoms with Crippen LogP contribution in [0.4, 0.5) is 24.7 Å². The van der Waals surface area contributed by atoms with Gasteiger partial charge in [-0.25, -0.2) is 0 Å². The number of alkyl halides is 3. The van der Waals surface area contributed by atoms with Gasteiger partial charge in [0.15, 0.2) is 0 Å². The van der Waals surface area contributed by atoms with Crippen molar-refractivity contribution in [2.75, 3.05) is 23.7 Å². The molecule has 0 radical (unpaired) electrons. The molecule has 0 saturated heterocycles. The average molecular weight is 305 g/mol. The maximum absolute atomic E-state index is 12.6. The lowest BCUT2D eigenvalue weighted by Gasteiger charge is -2.26. The summed E-state index contributed by atoms with van der Waals surface area (Å²) in [5.74, 6) is 0.367. The number of halogens is 3. The molecule has 0 bridgehead atoms. The topological polar surface area (TPSA) is 51.4 Å². The van der Waals surface area contributed by atoms with Crippen LogP contribution in [0.25, 0.3) is 0 Å². The van der Waals surface area contributed by atoms with Gasteiger partial charge >= 0.3 is 6.18 Å². The highest BCUT2D eigenvalue weighted by Crippen LogP contribution is 2.28. The molecule has 0 atom stereocenters. The Balaban J connectivity index is 3.06. The Labute approximate surface area is 123 Å². The van der Waals surface area contributed by atoms with E-state index < -0.39 is 18.3 Å². The van der Waals surface area contributed by atoms with Crippen LogP contribution >= 0.6 is 0 Å². The SMILES string of the molecule is CCCN(CC(F)(F)F)c1ccc(N)c(OC(C)(C)C)n1. The van der Waals surface area contributed by atoms with Crippen molar-refractivity contribution in [3.8, 4) is 5.88 Å². The molecule has 0 spiro atoms. The Morgan fingerprint density at radius 2 is 1.86 bits per heavy atom. The van der Waals surface area contributed by atoms with Gasteiger partial charge in [-0.2, -0.15) is 18.2 Å². The third-order valence-electron chi connectivity index (χ3n) is 2.47. The van der Waals surface area contributed by atoms with E-state index in [0.717, 1.165) is 0 Å². The highest BCUT2D eigenvalue weighted by molar-refractivity contribution is 5.54. The highest BCUT2D eigenvalue weighted by atomic mass is 19.4. The zero-order valence-corrected chi connectivity index (χ0v) is 12.8. The number of nitrogens with two attached hydrogens (primary N) is 1. The Morgan fingerprint density at radius 3 is 2.33 bits per heavy atom. The molecule has 0 aliphatic heterocycles. The standard InChI is InChI=1S/C14H22F3N3O/c1-5-8-20(9-14(15,16)17)11-7-6-10(18)12(19-11)21-13(2,3)4/h6-7H,5,8-9,18H2,1-4H3. The van der Waals surface area contributed by atoms with E-state index in [1.807, 2.05) is 27.7 Å². The Bertz CT molecular complexity index is 470. The lowest BCUT2D eigenvalue weighted by molar-refractivity contribution is -0.119. The first kappa shape index (κ1) is 17.4. The van der Waals surface area contributed by atoms with Gasteiger partial charge in [0, 0.05) is 6.54 Å². The molecule has 21 heavy (non-hydrogen) atoms. The summed E-state index contributed by atoms with van der Waals surface area (Å²) in [4.78, 5) is 5.32. The third kappa shape index (κ3) is 6.10. The molecule has 1 aromatic heterocycles. The Morgan fingerprint density at radius 1 is 1.24 bits per heavy atom. The highest BCUT2D eigenvalue weighted by Gasteiger charge is 2.31. The summed E-state index contributed by atoms with van der Waals surface area (Å²) in [6.07, 6.45) is -3.71. The number of anilines is 2. The number of pyridine rings is 1. The predicted molar refractivity (Wildman–Crippen MR) is 77.6 cm³/mol. The number of nitrogen functional groups attached to an aromatic ring is 1. The molecule has 7 heteroatoms. The van der Waals surface area contributed by atoms with Crippen LogP contribution in [-0.4, -0.2) is 29.9 Å². The minimum Gasteiger partial charge on any atom is -0.470 e. The van der Waals surface area contributed by atoms with E-state index >= 15 is 0 Å². The average Bonchev–Trinajstić information content (AvgIpc) is 2.28. The van der Waals surface area contributed by atoms with E-state index in [9.17, 15) is 13.2 Å². The van der Waals surface area contributed by atoms with E-state index in [-0.39, 0.29) is 18.2 Å². The second-order valence-corrected chi connectivity index (χ2v) is 5.81. The zero-order valence-electron chi connectivity index (χ0n) is 12.8. The molecule has 1 heterocycles. The number of nitrogens with zero attached hydrogens (tertiary/aromatic N) is 2. The van der Waals surface area contributed by atoms with Crippen LogP contribution in [0, 0.1) is 0 Å². The van der Waals surface area contributed by atoms with Crippen LogP contribution in [0.2, 0.25) is 0 Å². The molecule has 120 valence electrons. The van der Waals surface area contributed by atoms with Crippen molar-refractivity contribution in [2.24, 2.45) is 0 Å². The fourth-order valence-electron chi connectivity index (χ4n) is 1.75. The first-order valence-corrected chi connectivity index (χ1v) is 6.79. The van der Waals surface area contributed by atoms with E-state index in [1.165, 1.54) is 17.0 Å². The molecule has 0 amide bonds. The lowest BCUT2D eigenvalue weighted by atomic mass is 10.2. The van der Waals surface area contributed by atoms with Crippen LogP contribution in [-0.2, 0) is 0 Å². The number of hydrogen-bond donors (Lipinski definition) is 1. The Hall–Kier alpha value is -1.66. The van der Waals surface area contributed by atoms with Crippen LogP contribution in [0.3, 0.4) is 0 Å². The molecule has 0 aromatic carbocycles. The van der Waals surface area contributed by atoms with Crippen molar-refractivity contribution in [1.29, 1.82) is 0 Å². The first-order valence-electron chi connectivity index (χ1n) is 6.79. The number of hydrogen-bond acceptors (Lipinski definition) is 4.